The average Bonchev–Trinajstić information content (AvgIpc) is 2.96. The molecule has 0 saturated carbocycles. The first-order valence-corrected chi connectivity index (χ1v) is 8.30. The first-order valence-electron chi connectivity index (χ1n) is 6.62. The van der Waals surface area contributed by atoms with Crippen molar-refractivity contribution >= 4 is 27.3 Å². The second kappa shape index (κ2) is 8.52. The van der Waals surface area contributed by atoms with E-state index >= 15 is 0 Å². The van der Waals surface area contributed by atoms with Crippen LogP contribution >= 0.6 is 27.3 Å². The van der Waals surface area contributed by atoms with Crippen molar-refractivity contribution in [3.05, 3.63) is 50.9 Å². The van der Waals surface area contributed by atoms with E-state index in [1.807, 2.05) is 11.7 Å². The molecule has 3 nitrogen and oxygen atoms in total. The maximum atomic E-state index is 5.08. The Labute approximate surface area is 132 Å². The molecule has 1 aromatic heterocycles. The highest BCUT2D eigenvalue weighted by Gasteiger charge is 2.15. The van der Waals surface area contributed by atoms with E-state index in [1.165, 1.54) is 14.9 Å². The van der Waals surface area contributed by atoms with Crippen molar-refractivity contribution in [2.24, 2.45) is 0 Å². The molecule has 2 aromatic rings. The highest BCUT2D eigenvalue weighted by atomic mass is 79.9. The Balaban J connectivity index is 2.05. The van der Waals surface area contributed by atoms with Gasteiger partial charge in [-0.25, -0.2) is 0 Å². The number of rotatable bonds is 8. The van der Waals surface area contributed by atoms with Crippen LogP contribution in [0, 0.1) is 0 Å². The zero-order valence-corrected chi connectivity index (χ0v) is 13.9. The van der Waals surface area contributed by atoms with Crippen LogP contribution in [0.4, 0.5) is 0 Å². The number of hydrogen-bond acceptors (Lipinski definition) is 4. The molecule has 1 N–H and O–H groups in total. The molecule has 1 aromatic carbocycles. The second-order valence-corrected chi connectivity index (χ2v) is 6.41. The number of ether oxygens (including phenoxy) is 1. The molecule has 0 bridgehead atoms. The van der Waals surface area contributed by atoms with Gasteiger partial charge in [-0.05, 0) is 18.1 Å². The first-order chi connectivity index (χ1) is 9.81. The monoisotopic (exact) mass is 354 g/mol. The maximum Gasteiger partial charge on any atom is 0.0794 e. The molecule has 2 rings (SSSR count). The number of benzene rings is 1. The van der Waals surface area contributed by atoms with Crippen LogP contribution in [-0.4, -0.2) is 31.8 Å². The standard InChI is InChI=1S/C15H19BrN2OS/c1-19-7-6-17-9-12(8-13-10-18-11-20-13)14-4-2-3-5-15(14)16/h2-5,10-12,17H,6-9H2,1H3. The molecule has 0 aliphatic carbocycles. The molecule has 0 amide bonds. The molecular formula is C15H19BrN2OS. The van der Waals surface area contributed by atoms with Crippen LogP contribution in [-0.2, 0) is 11.2 Å². The van der Waals surface area contributed by atoms with Gasteiger partial charge in [0.05, 0.1) is 12.1 Å². The van der Waals surface area contributed by atoms with Gasteiger partial charge in [0.1, 0.15) is 0 Å². The smallest absolute Gasteiger partial charge is 0.0794 e. The van der Waals surface area contributed by atoms with Crippen LogP contribution in [0.3, 0.4) is 0 Å². The van der Waals surface area contributed by atoms with Gasteiger partial charge in [0, 0.05) is 41.7 Å². The highest BCUT2D eigenvalue weighted by Crippen LogP contribution is 2.28. The van der Waals surface area contributed by atoms with Crippen molar-refractivity contribution in [3.8, 4) is 0 Å². The summed E-state index contributed by atoms with van der Waals surface area (Å²) < 4.78 is 6.25. The molecule has 108 valence electrons. The highest BCUT2D eigenvalue weighted by molar-refractivity contribution is 9.10. The molecule has 5 heteroatoms. The van der Waals surface area contributed by atoms with Gasteiger partial charge >= 0.3 is 0 Å². The summed E-state index contributed by atoms with van der Waals surface area (Å²) in [6.07, 6.45) is 2.97. The van der Waals surface area contributed by atoms with Gasteiger partial charge < -0.3 is 10.1 Å². The number of thiazole rings is 1. The number of methoxy groups -OCH3 is 1. The fourth-order valence-electron chi connectivity index (χ4n) is 2.13. The Morgan fingerprint density at radius 1 is 1.40 bits per heavy atom. The van der Waals surface area contributed by atoms with Gasteiger partial charge in [0.2, 0.25) is 0 Å². The van der Waals surface area contributed by atoms with Crippen LogP contribution in [0.1, 0.15) is 16.4 Å². The molecule has 0 radical (unpaired) electrons. The number of hydrogen-bond donors (Lipinski definition) is 1. The first kappa shape index (κ1) is 15.6. The van der Waals surface area contributed by atoms with E-state index in [4.69, 9.17) is 4.74 Å². The normalized spacial score (nSPS) is 12.5. The van der Waals surface area contributed by atoms with Gasteiger partial charge in [-0.1, -0.05) is 34.1 Å². The fourth-order valence-corrected chi connectivity index (χ4v) is 3.42. The number of nitrogens with one attached hydrogen (secondary N) is 1. The van der Waals surface area contributed by atoms with Gasteiger partial charge in [-0.15, -0.1) is 11.3 Å². The molecule has 1 unspecified atom stereocenters. The van der Waals surface area contributed by atoms with Crippen LogP contribution in [0.15, 0.2) is 40.4 Å². The minimum absolute atomic E-state index is 0.433. The molecule has 0 saturated heterocycles. The predicted molar refractivity (Wildman–Crippen MR) is 87.4 cm³/mol. The van der Waals surface area contributed by atoms with Gasteiger partial charge in [0.25, 0.3) is 0 Å². The molecule has 0 spiro atoms. The maximum absolute atomic E-state index is 5.08. The van der Waals surface area contributed by atoms with E-state index in [1.54, 1.807) is 18.4 Å². The third-order valence-corrected chi connectivity index (χ3v) is 4.67. The lowest BCUT2D eigenvalue weighted by molar-refractivity contribution is 0.199. The van der Waals surface area contributed by atoms with E-state index in [9.17, 15) is 0 Å². The van der Waals surface area contributed by atoms with Crippen LogP contribution in [0.5, 0.6) is 0 Å². The minimum atomic E-state index is 0.433. The van der Waals surface area contributed by atoms with Crippen molar-refractivity contribution in [2.75, 3.05) is 26.8 Å². The van der Waals surface area contributed by atoms with E-state index < -0.39 is 0 Å². The number of aromatic nitrogens is 1. The summed E-state index contributed by atoms with van der Waals surface area (Å²) in [5, 5.41) is 3.46. The molecule has 1 heterocycles. The van der Waals surface area contributed by atoms with E-state index in [0.717, 1.165) is 26.1 Å². The summed E-state index contributed by atoms with van der Waals surface area (Å²) in [7, 11) is 1.73. The second-order valence-electron chi connectivity index (χ2n) is 4.59. The molecular weight excluding hydrogens is 336 g/mol. The third kappa shape index (κ3) is 4.66. The lowest BCUT2D eigenvalue weighted by atomic mass is 9.95. The summed E-state index contributed by atoms with van der Waals surface area (Å²) in [5.41, 5.74) is 3.23. The van der Waals surface area contributed by atoms with Crippen molar-refractivity contribution in [1.82, 2.24) is 10.3 Å². The quantitative estimate of drug-likeness (QED) is 0.737. The lowest BCUT2D eigenvalue weighted by Crippen LogP contribution is -2.26. The van der Waals surface area contributed by atoms with E-state index in [0.29, 0.717) is 5.92 Å². The van der Waals surface area contributed by atoms with Crippen LogP contribution < -0.4 is 5.32 Å². The van der Waals surface area contributed by atoms with Gasteiger partial charge in [-0.3, -0.25) is 4.98 Å². The lowest BCUT2D eigenvalue weighted by Gasteiger charge is -2.19. The van der Waals surface area contributed by atoms with Gasteiger partial charge in [0.15, 0.2) is 0 Å². The number of nitrogens with zero attached hydrogens (tertiary/aromatic N) is 1. The Morgan fingerprint density at radius 3 is 2.95 bits per heavy atom. The predicted octanol–water partition coefficient (Wildman–Crippen LogP) is 3.47. The fraction of sp³-hybridized carbons (Fsp3) is 0.400. The van der Waals surface area contributed by atoms with Crippen molar-refractivity contribution < 1.29 is 4.74 Å². The van der Waals surface area contributed by atoms with Crippen molar-refractivity contribution in [3.63, 3.8) is 0 Å². The zero-order chi connectivity index (χ0) is 14.2. The van der Waals surface area contributed by atoms with Crippen molar-refractivity contribution in [2.45, 2.75) is 12.3 Å². The summed E-state index contributed by atoms with van der Waals surface area (Å²) in [6.45, 7) is 2.55. The van der Waals surface area contributed by atoms with E-state index in [2.05, 4.69) is 50.5 Å². The Morgan fingerprint density at radius 2 is 2.25 bits per heavy atom. The Hall–Kier alpha value is -0.750. The van der Waals surface area contributed by atoms with E-state index in [-0.39, 0.29) is 0 Å². The average molecular weight is 355 g/mol. The zero-order valence-electron chi connectivity index (χ0n) is 11.5. The third-order valence-electron chi connectivity index (χ3n) is 3.15. The van der Waals surface area contributed by atoms with Crippen LogP contribution in [0.2, 0.25) is 0 Å². The van der Waals surface area contributed by atoms with Gasteiger partial charge in [-0.2, -0.15) is 0 Å². The SMILES string of the molecule is COCCNCC(Cc1cncs1)c1ccccc1Br. The summed E-state index contributed by atoms with van der Waals surface area (Å²) >= 11 is 5.38. The minimum Gasteiger partial charge on any atom is -0.383 e. The summed E-state index contributed by atoms with van der Waals surface area (Å²) in [6, 6.07) is 8.43. The Kier molecular flexibility index (Phi) is 6.66. The molecule has 0 fully saturated rings. The largest absolute Gasteiger partial charge is 0.383 e. The topological polar surface area (TPSA) is 34.1 Å². The molecule has 1 atom stereocenters. The Bertz CT molecular complexity index is 504. The molecule has 0 aliphatic rings. The molecule has 0 aliphatic heterocycles. The van der Waals surface area contributed by atoms with Crippen molar-refractivity contribution in [1.29, 1.82) is 0 Å². The summed E-state index contributed by atoms with van der Waals surface area (Å²) in [4.78, 5) is 5.49. The summed E-state index contributed by atoms with van der Waals surface area (Å²) in [5.74, 6) is 0.433. The molecule has 20 heavy (non-hydrogen) atoms. The van der Waals surface area contributed by atoms with Crippen LogP contribution in [0.25, 0.3) is 0 Å². The number of halogens is 1.